The molecule has 0 unspecified atom stereocenters. The molecule has 0 aliphatic carbocycles. The highest BCUT2D eigenvalue weighted by molar-refractivity contribution is 7.92. The smallest absolute Gasteiger partial charge is 0.337 e. The molecule has 6 heteroatoms. The fourth-order valence-corrected chi connectivity index (χ4v) is 3.10. The normalized spacial score (nSPS) is 11.1. The van der Waals surface area contributed by atoms with Crippen LogP contribution in [-0.4, -0.2) is 19.5 Å². The number of nitrogens with one attached hydrogen (secondary N) is 1. The quantitative estimate of drug-likeness (QED) is 0.906. The number of anilines is 1. The maximum Gasteiger partial charge on any atom is 0.337 e. The molecule has 0 bridgehead atoms. The molecule has 0 spiro atoms. The maximum absolute atomic E-state index is 12.3. The fourth-order valence-electron chi connectivity index (χ4n) is 1.76. The Morgan fingerprint density at radius 2 is 1.65 bits per heavy atom. The zero-order valence-corrected chi connectivity index (χ0v) is 11.5. The fraction of sp³-hybridized carbons (Fsp3) is 0.0714. The predicted octanol–water partition coefficient (Wildman–Crippen LogP) is 2.49. The monoisotopic (exact) mass is 291 g/mol. The predicted molar refractivity (Wildman–Crippen MR) is 75.4 cm³/mol. The van der Waals surface area contributed by atoms with Crippen molar-refractivity contribution < 1.29 is 18.3 Å². The van der Waals surface area contributed by atoms with E-state index in [1.165, 1.54) is 24.3 Å². The van der Waals surface area contributed by atoms with Crippen LogP contribution < -0.4 is 4.72 Å². The van der Waals surface area contributed by atoms with Crippen LogP contribution in [0.2, 0.25) is 0 Å². The first-order valence-electron chi connectivity index (χ1n) is 5.82. The van der Waals surface area contributed by atoms with E-state index in [1.54, 1.807) is 31.2 Å². The lowest BCUT2D eigenvalue weighted by Gasteiger charge is -2.11. The lowest BCUT2D eigenvalue weighted by Crippen LogP contribution is -2.17. The van der Waals surface area contributed by atoms with Gasteiger partial charge in [-0.15, -0.1) is 0 Å². The van der Waals surface area contributed by atoms with Crippen LogP contribution in [0.3, 0.4) is 0 Å². The average Bonchev–Trinajstić information content (AvgIpc) is 2.41. The molecule has 5 nitrogen and oxygen atoms in total. The summed E-state index contributed by atoms with van der Waals surface area (Å²) in [6.07, 6.45) is 0. The van der Waals surface area contributed by atoms with Crippen LogP contribution in [0.5, 0.6) is 0 Å². The molecule has 0 atom stereocenters. The third-order valence-electron chi connectivity index (χ3n) is 2.80. The van der Waals surface area contributed by atoms with Crippen molar-refractivity contribution >= 4 is 21.7 Å². The van der Waals surface area contributed by atoms with Gasteiger partial charge in [0.1, 0.15) is 4.90 Å². The Hall–Kier alpha value is -2.34. The molecule has 0 saturated carbocycles. The largest absolute Gasteiger partial charge is 0.478 e. The summed E-state index contributed by atoms with van der Waals surface area (Å²) in [5.74, 6) is -1.28. The van der Waals surface area contributed by atoms with Gasteiger partial charge in [0.05, 0.1) is 11.3 Å². The van der Waals surface area contributed by atoms with Gasteiger partial charge < -0.3 is 5.11 Å². The second kappa shape index (κ2) is 5.34. The topological polar surface area (TPSA) is 83.5 Å². The Bertz CT molecular complexity index is 753. The molecule has 0 saturated heterocycles. The SMILES string of the molecule is Cc1ccccc1NS(=O)(=O)c1ccccc1C(=O)O. The molecule has 0 aromatic heterocycles. The van der Waals surface area contributed by atoms with E-state index >= 15 is 0 Å². The molecule has 0 aliphatic rings. The highest BCUT2D eigenvalue weighted by Crippen LogP contribution is 2.21. The summed E-state index contributed by atoms with van der Waals surface area (Å²) >= 11 is 0. The number of para-hydroxylation sites is 1. The summed E-state index contributed by atoms with van der Waals surface area (Å²) in [4.78, 5) is 10.8. The number of aryl methyl sites for hydroxylation is 1. The third kappa shape index (κ3) is 2.80. The Kier molecular flexibility index (Phi) is 3.76. The highest BCUT2D eigenvalue weighted by Gasteiger charge is 2.22. The summed E-state index contributed by atoms with van der Waals surface area (Å²) in [7, 11) is -3.94. The molecule has 104 valence electrons. The van der Waals surface area contributed by atoms with Gasteiger partial charge in [-0.05, 0) is 30.7 Å². The molecule has 0 aliphatic heterocycles. The number of benzene rings is 2. The molecular formula is C14H13NO4S. The number of sulfonamides is 1. The lowest BCUT2D eigenvalue weighted by molar-refractivity contribution is 0.0692. The average molecular weight is 291 g/mol. The van der Waals surface area contributed by atoms with Crippen molar-refractivity contribution in [3.05, 3.63) is 59.7 Å². The molecule has 0 heterocycles. The van der Waals surface area contributed by atoms with Crippen LogP contribution in [0.15, 0.2) is 53.4 Å². The maximum atomic E-state index is 12.3. The van der Waals surface area contributed by atoms with Crippen LogP contribution in [0, 0.1) is 6.92 Å². The van der Waals surface area contributed by atoms with E-state index in [2.05, 4.69) is 4.72 Å². The van der Waals surface area contributed by atoms with Gasteiger partial charge in [-0.25, -0.2) is 13.2 Å². The van der Waals surface area contributed by atoms with E-state index < -0.39 is 16.0 Å². The van der Waals surface area contributed by atoms with Crippen molar-refractivity contribution in [1.82, 2.24) is 0 Å². The number of rotatable bonds is 4. The second-order valence-corrected chi connectivity index (χ2v) is 5.87. The minimum absolute atomic E-state index is 0.254. The molecule has 0 amide bonds. The Morgan fingerprint density at radius 1 is 1.05 bits per heavy atom. The van der Waals surface area contributed by atoms with E-state index in [1.807, 2.05) is 0 Å². The van der Waals surface area contributed by atoms with Gasteiger partial charge in [0.15, 0.2) is 0 Å². The van der Waals surface area contributed by atoms with E-state index in [0.717, 1.165) is 5.56 Å². The van der Waals surface area contributed by atoms with E-state index in [4.69, 9.17) is 5.11 Å². The first-order chi connectivity index (χ1) is 9.42. The van der Waals surface area contributed by atoms with Crippen molar-refractivity contribution in [1.29, 1.82) is 0 Å². The summed E-state index contributed by atoms with van der Waals surface area (Å²) in [5, 5.41) is 9.06. The van der Waals surface area contributed by atoms with Crippen LogP contribution in [0.25, 0.3) is 0 Å². The number of hydrogen-bond acceptors (Lipinski definition) is 3. The van der Waals surface area contributed by atoms with E-state index in [0.29, 0.717) is 5.69 Å². The first kappa shape index (κ1) is 14.1. The zero-order chi connectivity index (χ0) is 14.8. The standard InChI is InChI=1S/C14H13NO4S/c1-10-6-2-4-8-12(10)15-20(18,19)13-9-5-3-7-11(13)14(16)17/h2-9,15H,1H3,(H,16,17). The third-order valence-corrected chi connectivity index (χ3v) is 4.22. The van der Waals surface area contributed by atoms with Crippen molar-refractivity contribution in [2.24, 2.45) is 0 Å². The molecule has 0 radical (unpaired) electrons. The summed E-state index contributed by atoms with van der Waals surface area (Å²) < 4.78 is 27.0. The zero-order valence-electron chi connectivity index (χ0n) is 10.7. The van der Waals surface area contributed by atoms with Gasteiger partial charge in [-0.2, -0.15) is 0 Å². The number of carboxylic acids is 1. The van der Waals surface area contributed by atoms with Gasteiger partial charge >= 0.3 is 5.97 Å². The molecule has 20 heavy (non-hydrogen) atoms. The number of carboxylic acid groups (broad SMARTS) is 1. The molecule has 2 aromatic carbocycles. The van der Waals surface area contributed by atoms with Crippen molar-refractivity contribution in [2.45, 2.75) is 11.8 Å². The number of aromatic carboxylic acids is 1. The Balaban J connectivity index is 2.47. The van der Waals surface area contributed by atoms with Crippen molar-refractivity contribution in [3.8, 4) is 0 Å². The number of carbonyl (C=O) groups is 1. The van der Waals surface area contributed by atoms with Gasteiger partial charge in [0, 0.05) is 0 Å². The van der Waals surface area contributed by atoms with Crippen molar-refractivity contribution in [3.63, 3.8) is 0 Å². The van der Waals surface area contributed by atoms with Crippen LogP contribution in [0.4, 0.5) is 5.69 Å². The van der Waals surface area contributed by atoms with Crippen LogP contribution >= 0.6 is 0 Å². The summed E-state index contributed by atoms with van der Waals surface area (Å²) in [5.41, 5.74) is 0.921. The van der Waals surface area contributed by atoms with E-state index in [9.17, 15) is 13.2 Å². The van der Waals surface area contributed by atoms with Gasteiger partial charge in [0.25, 0.3) is 10.0 Å². The summed E-state index contributed by atoms with van der Waals surface area (Å²) in [6.45, 7) is 1.76. The molecule has 0 fully saturated rings. The highest BCUT2D eigenvalue weighted by atomic mass is 32.2. The van der Waals surface area contributed by atoms with Crippen molar-refractivity contribution in [2.75, 3.05) is 4.72 Å². The number of hydrogen-bond donors (Lipinski definition) is 2. The van der Waals surface area contributed by atoms with Crippen LogP contribution in [0.1, 0.15) is 15.9 Å². The van der Waals surface area contributed by atoms with E-state index in [-0.39, 0.29) is 10.5 Å². The van der Waals surface area contributed by atoms with Gasteiger partial charge in [-0.3, -0.25) is 4.72 Å². The lowest BCUT2D eigenvalue weighted by atomic mass is 10.2. The molecular weight excluding hydrogens is 278 g/mol. The Labute approximate surface area is 116 Å². The second-order valence-electron chi connectivity index (χ2n) is 4.22. The minimum Gasteiger partial charge on any atom is -0.478 e. The first-order valence-corrected chi connectivity index (χ1v) is 7.31. The van der Waals surface area contributed by atoms with Gasteiger partial charge in [-0.1, -0.05) is 30.3 Å². The Morgan fingerprint density at radius 3 is 2.30 bits per heavy atom. The van der Waals surface area contributed by atoms with Gasteiger partial charge in [0.2, 0.25) is 0 Å². The minimum atomic E-state index is -3.94. The van der Waals surface area contributed by atoms with Crippen LogP contribution in [-0.2, 0) is 10.0 Å². The molecule has 2 aromatic rings. The molecule has 2 N–H and O–H groups in total. The summed E-state index contributed by atoms with van der Waals surface area (Å²) in [6, 6.07) is 12.4. The molecule has 2 rings (SSSR count).